The summed E-state index contributed by atoms with van der Waals surface area (Å²) in [7, 11) is 0. The topological polar surface area (TPSA) is 0 Å². The Morgan fingerprint density at radius 1 is 0.519 bits per heavy atom. The third-order valence-electron chi connectivity index (χ3n) is 5.67. The molecule has 136 valence electrons. The monoisotopic (exact) mass is 352 g/mol. The predicted octanol–water partition coefficient (Wildman–Crippen LogP) is 7.73. The second-order valence-electron chi connectivity index (χ2n) is 8.21. The molecule has 0 unspecified atom stereocenters. The van der Waals surface area contributed by atoms with Crippen LogP contribution in [0.2, 0.25) is 0 Å². The molecule has 27 heavy (non-hydrogen) atoms. The average molecular weight is 353 g/mol. The standard InChI is InChI=1S/C27H28/c1-18(2)26-16-20(22-11-7-5-9-13-24(22)26)15-21-17-27(19(3)4)25-14-10-6-8-12-23(21)25/h5-14,16-19H,15H2,1-4H3. The highest BCUT2D eigenvalue weighted by Crippen LogP contribution is 2.41. The molecule has 0 nitrogen and oxygen atoms in total. The Morgan fingerprint density at radius 2 is 0.889 bits per heavy atom. The Morgan fingerprint density at radius 3 is 1.26 bits per heavy atom. The molecular weight excluding hydrogens is 324 g/mol. The van der Waals surface area contributed by atoms with Crippen LogP contribution in [0.25, 0.3) is 22.3 Å². The van der Waals surface area contributed by atoms with Crippen molar-refractivity contribution in [2.45, 2.75) is 46.0 Å². The molecule has 0 saturated heterocycles. The Kier molecular flexibility index (Phi) is 4.74. The summed E-state index contributed by atoms with van der Waals surface area (Å²) in [5.74, 6) is 1.06. The third-order valence-corrected chi connectivity index (χ3v) is 5.67. The lowest BCUT2D eigenvalue weighted by Crippen LogP contribution is -1.87. The van der Waals surface area contributed by atoms with Crippen LogP contribution in [0.4, 0.5) is 0 Å². The van der Waals surface area contributed by atoms with Gasteiger partial charge in [-0.25, -0.2) is 0 Å². The van der Waals surface area contributed by atoms with Crippen molar-refractivity contribution in [1.29, 1.82) is 0 Å². The van der Waals surface area contributed by atoms with Gasteiger partial charge in [-0.1, -0.05) is 100 Å². The molecule has 0 aromatic rings. The maximum Gasteiger partial charge on any atom is -0.00132 e. The van der Waals surface area contributed by atoms with Crippen molar-refractivity contribution < 1.29 is 0 Å². The van der Waals surface area contributed by atoms with Gasteiger partial charge in [0.2, 0.25) is 0 Å². The maximum atomic E-state index is 2.44. The van der Waals surface area contributed by atoms with Crippen molar-refractivity contribution >= 4 is 0 Å². The molecule has 4 aliphatic carbocycles. The lowest BCUT2D eigenvalue weighted by atomic mass is 9.99. The van der Waals surface area contributed by atoms with Crippen LogP contribution in [0.1, 0.15) is 61.8 Å². The summed E-state index contributed by atoms with van der Waals surface area (Å²) < 4.78 is 0. The van der Waals surface area contributed by atoms with Crippen LogP contribution >= 0.6 is 0 Å². The fraction of sp³-hybridized carbons (Fsp3) is 0.259. The van der Waals surface area contributed by atoms with E-state index < -0.39 is 0 Å². The molecule has 0 aromatic heterocycles. The molecule has 0 bridgehead atoms. The van der Waals surface area contributed by atoms with Crippen LogP contribution in [-0.2, 0) is 6.42 Å². The fourth-order valence-corrected chi connectivity index (χ4v) is 4.30. The molecule has 0 amide bonds. The first-order valence-electron chi connectivity index (χ1n) is 10.1. The summed E-state index contributed by atoms with van der Waals surface area (Å²) in [5, 5.41) is 0. The van der Waals surface area contributed by atoms with Crippen LogP contribution in [0.3, 0.4) is 0 Å². The Bertz CT molecular complexity index is 924. The molecule has 0 fully saturated rings. The zero-order valence-electron chi connectivity index (χ0n) is 16.8. The van der Waals surface area contributed by atoms with Gasteiger partial charge in [0.15, 0.2) is 0 Å². The molecular formula is C27H28. The summed E-state index contributed by atoms with van der Waals surface area (Å²) in [6.45, 7) is 9.17. The van der Waals surface area contributed by atoms with Crippen LogP contribution in [0, 0.1) is 0 Å². The molecule has 0 heteroatoms. The first-order chi connectivity index (χ1) is 13.1. The summed E-state index contributed by atoms with van der Waals surface area (Å²) in [6, 6.07) is 26.9. The maximum absolute atomic E-state index is 2.44. The van der Waals surface area contributed by atoms with E-state index in [0.717, 1.165) is 6.42 Å². The van der Waals surface area contributed by atoms with E-state index >= 15 is 0 Å². The van der Waals surface area contributed by atoms with Gasteiger partial charge in [0.25, 0.3) is 0 Å². The zero-order valence-corrected chi connectivity index (χ0v) is 16.8. The summed E-state index contributed by atoms with van der Waals surface area (Å²) in [6.07, 6.45) is 0.987. The van der Waals surface area contributed by atoms with E-state index in [4.69, 9.17) is 0 Å². The third kappa shape index (κ3) is 3.25. The number of rotatable bonds is 4. The van der Waals surface area contributed by atoms with Gasteiger partial charge in [-0.3, -0.25) is 0 Å². The molecule has 0 aromatic carbocycles. The van der Waals surface area contributed by atoms with Gasteiger partial charge in [0.1, 0.15) is 0 Å². The molecule has 4 rings (SSSR count). The highest BCUT2D eigenvalue weighted by atomic mass is 14.2. The second kappa shape index (κ2) is 7.19. The smallest absolute Gasteiger partial charge is 0.00132 e. The predicted molar refractivity (Wildman–Crippen MR) is 117 cm³/mol. The number of hydrogen-bond acceptors (Lipinski definition) is 0. The van der Waals surface area contributed by atoms with Crippen molar-refractivity contribution in [3.63, 3.8) is 0 Å². The van der Waals surface area contributed by atoms with Crippen molar-refractivity contribution in [2.24, 2.45) is 0 Å². The molecule has 0 saturated carbocycles. The van der Waals surface area contributed by atoms with Crippen molar-refractivity contribution in [3.8, 4) is 22.3 Å². The summed E-state index contributed by atoms with van der Waals surface area (Å²) in [4.78, 5) is 0. The van der Waals surface area contributed by atoms with Crippen LogP contribution in [0.15, 0.2) is 72.8 Å². The fourth-order valence-electron chi connectivity index (χ4n) is 4.30. The molecule has 0 atom stereocenters. The van der Waals surface area contributed by atoms with Gasteiger partial charge in [-0.2, -0.15) is 0 Å². The lowest BCUT2D eigenvalue weighted by molar-refractivity contribution is 0.871. The van der Waals surface area contributed by atoms with E-state index in [9.17, 15) is 0 Å². The van der Waals surface area contributed by atoms with Crippen LogP contribution in [0.5, 0.6) is 0 Å². The van der Waals surface area contributed by atoms with Crippen molar-refractivity contribution in [2.75, 3.05) is 0 Å². The normalized spacial score (nSPS) is 11.8. The molecule has 0 heterocycles. The average Bonchev–Trinajstić information content (AvgIpc) is 2.92. The molecule has 4 aliphatic rings. The van der Waals surface area contributed by atoms with Crippen molar-refractivity contribution in [1.82, 2.24) is 0 Å². The van der Waals surface area contributed by atoms with Gasteiger partial charge >= 0.3 is 0 Å². The molecule has 0 radical (unpaired) electrons. The highest BCUT2D eigenvalue weighted by Gasteiger charge is 2.21. The Hall–Kier alpha value is -2.60. The summed E-state index contributed by atoms with van der Waals surface area (Å²) >= 11 is 0. The SMILES string of the molecule is CC(C)c1cc(Cc2cc(C(C)C)c3cccccc2-3)c2cccccc1-2. The Labute approximate surface area is 163 Å². The lowest BCUT2D eigenvalue weighted by Gasteiger charge is -2.05. The largest absolute Gasteiger partial charge is 0.0622 e. The molecule has 0 N–H and O–H groups in total. The first-order valence-corrected chi connectivity index (χ1v) is 10.1. The van der Waals surface area contributed by atoms with Crippen molar-refractivity contribution in [3.05, 3.63) is 95.1 Å². The van der Waals surface area contributed by atoms with Gasteiger partial charge in [0, 0.05) is 0 Å². The molecule has 0 aliphatic heterocycles. The zero-order chi connectivity index (χ0) is 19.0. The Balaban J connectivity index is 1.85. The minimum Gasteiger partial charge on any atom is -0.0622 e. The minimum atomic E-state index is 0.532. The highest BCUT2D eigenvalue weighted by molar-refractivity contribution is 5.79. The van der Waals surface area contributed by atoms with E-state index in [0.29, 0.717) is 11.8 Å². The van der Waals surface area contributed by atoms with E-state index in [2.05, 4.69) is 100 Å². The van der Waals surface area contributed by atoms with E-state index in [1.807, 2.05) is 0 Å². The van der Waals surface area contributed by atoms with E-state index in [1.54, 1.807) is 0 Å². The van der Waals surface area contributed by atoms with Gasteiger partial charge in [0.05, 0.1) is 0 Å². The van der Waals surface area contributed by atoms with E-state index in [-0.39, 0.29) is 0 Å². The van der Waals surface area contributed by atoms with Crippen LogP contribution in [-0.4, -0.2) is 0 Å². The van der Waals surface area contributed by atoms with E-state index in [1.165, 1.54) is 44.5 Å². The van der Waals surface area contributed by atoms with Gasteiger partial charge in [-0.15, -0.1) is 0 Å². The van der Waals surface area contributed by atoms with Gasteiger partial charge in [-0.05, 0) is 62.8 Å². The number of fused-ring (bicyclic) bond motifs is 2. The first kappa shape index (κ1) is 17.8. The quantitative estimate of drug-likeness (QED) is 0.352. The molecule has 0 spiro atoms. The van der Waals surface area contributed by atoms with Crippen LogP contribution < -0.4 is 0 Å². The van der Waals surface area contributed by atoms with Gasteiger partial charge < -0.3 is 0 Å². The number of hydrogen-bond donors (Lipinski definition) is 0. The minimum absolute atomic E-state index is 0.532. The summed E-state index contributed by atoms with van der Waals surface area (Å²) in [5.41, 5.74) is 11.4. The second-order valence-corrected chi connectivity index (χ2v) is 8.21.